The Hall–Kier alpha value is -1.37. The second-order valence-corrected chi connectivity index (χ2v) is 7.05. The van der Waals surface area contributed by atoms with Crippen molar-refractivity contribution < 1.29 is 18.0 Å². The van der Waals surface area contributed by atoms with E-state index in [2.05, 4.69) is 0 Å². The topological polar surface area (TPSA) is 20.3 Å². The molecule has 1 unspecified atom stereocenters. The van der Waals surface area contributed by atoms with Gasteiger partial charge in [-0.2, -0.15) is 13.2 Å². The van der Waals surface area contributed by atoms with Crippen LogP contribution in [0.15, 0.2) is 42.5 Å². The summed E-state index contributed by atoms with van der Waals surface area (Å²) in [5.74, 6) is 0.0424. The zero-order valence-electron chi connectivity index (χ0n) is 12.0. The summed E-state index contributed by atoms with van der Waals surface area (Å²) >= 11 is 13.5. The molecule has 1 saturated heterocycles. The lowest BCUT2D eigenvalue weighted by atomic mass is 10.1. The summed E-state index contributed by atoms with van der Waals surface area (Å²) in [6, 6.07) is 9.48. The molecule has 0 bridgehead atoms. The zero-order chi connectivity index (χ0) is 17.5. The highest BCUT2D eigenvalue weighted by Crippen LogP contribution is 2.44. The molecule has 126 valence electrons. The van der Waals surface area contributed by atoms with E-state index in [-0.39, 0.29) is 11.7 Å². The van der Waals surface area contributed by atoms with Gasteiger partial charge in [-0.05, 0) is 36.4 Å². The summed E-state index contributed by atoms with van der Waals surface area (Å²) < 4.78 is 38.1. The van der Waals surface area contributed by atoms with E-state index >= 15 is 0 Å². The number of anilines is 1. The summed E-state index contributed by atoms with van der Waals surface area (Å²) in [4.78, 5) is 13.7. The van der Waals surface area contributed by atoms with Crippen molar-refractivity contribution in [1.29, 1.82) is 0 Å². The fraction of sp³-hybridized carbons (Fsp3) is 0.188. The second-order valence-electron chi connectivity index (χ2n) is 5.14. The fourth-order valence-electron chi connectivity index (χ4n) is 2.45. The first-order valence-corrected chi connectivity index (χ1v) is 8.64. The van der Waals surface area contributed by atoms with Gasteiger partial charge in [-0.25, -0.2) is 0 Å². The molecule has 1 atom stereocenters. The SMILES string of the molecule is O=C1CSC(c2ccc(Cl)cc2Cl)N1c1ccc(C(F)(F)F)cc1. The van der Waals surface area contributed by atoms with Gasteiger partial charge in [-0.3, -0.25) is 9.69 Å². The number of halogens is 5. The quantitative estimate of drug-likeness (QED) is 0.645. The molecule has 0 aromatic heterocycles. The summed E-state index contributed by atoms with van der Waals surface area (Å²) in [7, 11) is 0. The van der Waals surface area contributed by atoms with E-state index < -0.39 is 17.1 Å². The van der Waals surface area contributed by atoms with E-state index in [0.717, 1.165) is 12.1 Å². The zero-order valence-corrected chi connectivity index (χ0v) is 14.3. The molecule has 0 aliphatic carbocycles. The maximum absolute atomic E-state index is 12.7. The van der Waals surface area contributed by atoms with Gasteiger partial charge in [-0.15, -0.1) is 11.8 Å². The molecule has 24 heavy (non-hydrogen) atoms. The van der Waals surface area contributed by atoms with Crippen molar-refractivity contribution in [2.45, 2.75) is 11.6 Å². The van der Waals surface area contributed by atoms with Crippen LogP contribution in [0.25, 0.3) is 0 Å². The van der Waals surface area contributed by atoms with Crippen molar-refractivity contribution in [3.05, 3.63) is 63.6 Å². The van der Waals surface area contributed by atoms with Crippen LogP contribution in [0.5, 0.6) is 0 Å². The van der Waals surface area contributed by atoms with Gasteiger partial charge in [-0.1, -0.05) is 29.3 Å². The van der Waals surface area contributed by atoms with Crippen molar-refractivity contribution in [3.63, 3.8) is 0 Å². The molecule has 1 fully saturated rings. The number of hydrogen-bond acceptors (Lipinski definition) is 2. The molecule has 1 heterocycles. The molecule has 1 amide bonds. The first-order chi connectivity index (χ1) is 11.3. The van der Waals surface area contributed by atoms with E-state index in [0.29, 0.717) is 21.3 Å². The van der Waals surface area contributed by atoms with Crippen LogP contribution < -0.4 is 4.90 Å². The molecule has 2 aromatic carbocycles. The Morgan fingerprint density at radius 3 is 2.33 bits per heavy atom. The lowest BCUT2D eigenvalue weighted by Crippen LogP contribution is -2.28. The number of amides is 1. The Balaban J connectivity index is 1.96. The van der Waals surface area contributed by atoms with Crippen LogP contribution in [0.3, 0.4) is 0 Å². The summed E-state index contributed by atoms with van der Waals surface area (Å²) in [6.45, 7) is 0. The van der Waals surface area contributed by atoms with Crippen molar-refractivity contribution in [2.75, 3.05) is 10.7 Å². The van der Waals surface area contributed by atoms with E-state index in [1.54, 1.807) is 18.2 Å². The van der Waals surface area contributed by atoms with E-state index in [1.165, 1.54) is 28.8 Å². The predicted octanol–water partition coefficient (Wildman–Crippen LogP) is 5.79. The van der Waals surface area contributed by atoms with E-state index in [4.69, 9.17) is 23.2 Å². The molecule has 3 rings (SSSR count). The van der Waals surface area contributed by atoms with Gasteiger partial charge in [0.1, 0.15) is 5.37 Å². The minimum absolute atomic E-state index is 0.184. The third kappa shape index (κ3) is 3.36. The van der Waals surface area contributed by atoms with Crippen LogP contribution in [-0.4, -0.2) is 11.7 Å². The standard InChI is InChI=1S/C16H10Cl2F3NOS/c17-10-3-6-12(13(18)7-10)15-22(14(23)8-24-15)11-4-1-9(2-5-11)16(19,20)21/h1-7,15H,8H2. The number of alkyl halides is 3. The average molecular weight is 392 g/mol. The van der Waals surface area contributed by atoms with Gasteiger partial charge in [0.2, 0.25) is 5.91 Å². The Morgan fingerprint density at radius 1 is 1.08 bits per heavy atom. The van der Waals surface area contributed by atoms with Crippen LogP contribution in [0.4, 0.5) is 18.9 Å². The number of rotatable bonds is 2. The predicted molar refractivity (Wildman–Crippen MR) is 90.6 cm³/mol. The summed E-state index contributed by atoms with van der Waals surface area (Å²) in [5, 5.41) is 0.477. The van der Waals surface area contributed by atoms with Gasteiger partial charge in [0.25, 0.3) is 0 Å². The molecule has 1 aliphatic heterocycles. The highest BCUT2D eigenvalue weighted by atomic mass is 35.5. The number of hydrogen-bond donors (Lipinski definition) is 0. The van der Waals surface area contributed by atoms with Crippen molar-refractivity contribution in [2.24, 2.45) is 0 Å². The minimum atomic E-state index is -4.42. The highest BCUT2D eigenvalue weighted by Gasteiger charge is 2.36. The number of carbonyl (C=O) groups is 1. The lowest BCUT2D eigenvalue weighted by molar-refractivity contribution is -0.137. The molecule has 8 heteroatoms. The Labute approximate surface area is 150 Å². The number of thioether (sulfide) groups is 1. The van der Waals surface area contributed by atoms with Gasteiger partial charge in [0.15, 0.2) is 0 Å². The second kappa shape index (κ2) is 6.50. The fourth-order valence-corrected chi connectivity index (χ4v) is 4.24. The molecule has 2 aromatic rings. The molecule has 2 nitrogen and oxygen atoms in total. The number of benzene rings is 2. The maximum atomic E-state index is 12.7. The molecule has 0 radical (unpaired) electrons. The smallest absolute Gasteiger partial charge is 0.295 e. The minimum Gasteiger partial charge on any atom is -0.295 e. The van der Waals surface area contributed by atoms with Gasteiger partial charge in [0.05, 0.1) is 11.3 Å². The third-order valence-electron chi connectivity index (χ3n) is 3.57. The van der Waals surface area contributed by atoms with Crippen molar-refractivity contribution >= 4 is 46.6 Å². The summed E-state index contributed by atoms with van der Waals surface area (Å²) in [5.41, 5.74) is 0.331. The van der Waals surface area contributed by atoms with Gasteiger partial charge >= 0.3 is 6.18 Å². The first-order valence-electron chi connectivity index (χ1n) is 6.83. The molecule has 1 aliphatic rings. The van der Waals surface area contributed by atoms with Crippen molar-refractivity contribution in [3.8, 4) is 0 Å². The first kappa shape index (κ1) is 17.5. The average Bonchev–Trinajstić information content (AvgIpc) is 2.88. The van der Waals surface area contributed by atoms with Crippen LogP contribution in [0, 0.1) is 0 Å². The Kier molecular flexibility index (Phi) is 4.73. The van der Waals surface area contributed by atoms with E-state index in [1.807, 2.05) is 0 Å². The van der Waals surface area contributed by atoms with Crippen LogP contribution >= 0.6 is 35.0 Å². The number of nitrogens with zero attached hydrogens (tertiary/aromatic N) is 1. The molecule has 0 saturated carbocycles. The Bertz CT molecular complexity index is 780. The molecular weight excluding hydrogens is 382 g/mol. The largest absolute Gasteiger partial charge is 0.416 e. The van der Waals surface area contributed by atoms with E-state index in [9.17, 15) is 18.0 Å². The maximum Gasteiger partial charge on any atom is 0.416 e. The normalized spacial score (nSPS) is 18.3. The lowest BCUT2D eigenvalue weighted by Gasteiger charge is -2.25. The molecular formula is C16H10Cl2F3NOS. The van der Waals surface area contributed by atoms with Gasteiger partial charge in [0, 0.05) is 21.3 Å². The van der Waals surface area contributed by atoms with Crippen molar-refractivity contribution in [1.82, 2.24) is 0 Å². The monoisotopic (exact) mass is 391 g/mol. The third-order valence-corrected chi connectivity index (χ3v) is 5.33. The van der Waals surface area contributed by atoms with Crippen LogP contribution in [-0.2, 0) is 11.0 Å². The number of carbonyl (C=O) groups excluding carboxylic acids is 1. The van der Waals surface area contributed by atoms with Crippen LogP contribution in [0.2, 0.25) is 10.0 Å². The molecule has 0 spiro atoms. The van der Waals surface area contributed by atoms with Crippen LogP contribution in [0.1, 0.15) is 16.5 Å². The van der Waals surface area contributed by atoms with Gasteiger partial charge < -0.3 is 0 Å². The molecule has 0 N–H and O–H groups in total. The summed E-state index contributed by atoms with van der Waals surface area (Å²) in [6.07, 6.45) is -4.42. The highest BCUT2D eigenvalue weighted by molar-refractivity contribution is 8.00. The Morgan fingerprint density at radius 2 is 1.75 bits per heavy atom.